The topological polar surface area (TPSA) is 61.7 Å². The van der Waals surface area contributed by atoms with Crippen molar-refractivity contribution in [2.75, 3.05) is 26.4 Å². The number of aliphatic hydroxyl groups excluding tert-OH is 2. The second kappa shape index (κ2) is 7.02. The smallest absolute Gasteiger partial charge is 0.0897 e. The molecule has 0 saturated heterocycles. The number of β-amino-alcohol motifs (C(OH)–C–C–N with tert-alkyl or cyclic N) is 1. The highest BCUT2D eigenvalue weighted by Crippen LogP contribution is 2.32. The van der Waals surface area contributed by atoms with Gasteiger partial charge in [0.05, 0.1) is 19.3 Å². The van der Waals surface area contributed by atoms with Crippen LogP contribution in [0.2, 0.25) is 0 Å². The van der Waals surface area contributed by atoms with Gasteiger partial charge in [-0.25, -0.2) is 0 Å². The number of rotatable bonds is 8. The predicted octanol–water partition coefficient (Wildman–Crippen LogP) is 1.30. The lowest BCUT2D eigenvalue weighted by atomic mass is 9.77. The molecule has 2 aliphatic carbocycles. The van der Waals surface area contributed by atoms with Crippen LogP contribution in [0.15, 0.2) is 0 Å². The van der Waals surface area contributed by atoms with E-state index in [0.29, 0.717) is 19.1 Å². The molecule has 2 saturated carbocycles. The third-order valence-electron chi connectivity index (χ3n) is 4.47. The minimum Gasteiger partial charge on any atom is -0.394 e. The van der Waals surface area contributed by atoms with E-state index < -0.39 is 6.10 Å². The van der Waals surface area contributed by atoms with Gasteiger partial charge in [0, 0.05) is 18.7 Å². The third-order valence-corrected chi connectivity index (χ3v) is 4.47. The van der Waals surface area contributed by atoms with Gasteiger partial charge in [-0.1, -0.05) is 19.8 Å². The quantitative estimate of drug-likeness (QED) is 0.623. The van der Waals surface area contributed by atoms with Gasteiger partial charge < -0.3 is 20.3 Å². The highest BCUT2D eigenvalue weighted by molar-refractivity contribution is 4.92. The van der Waals surface area contributed by atoms with E-state index in [2.05, 4.69) is 12.2 Å². The van der Waals surface area contributed by atoms with Crippen LogP contribution in [-0.4, -0.2) is 48.2 Å². The van der Waals surface area contributed by atoms with Crippen molar-refractivity contribution in [3.63, 3.8) is 0 Å². The van der Waals surface area contributed by atoms with E-state index in [4.69, 9.17) is 4.74 Å². The maximum atomic E-state index is 9.92. The summed E-state index contributed by atoms with van der Waals surface area (Å²) in [6, 6.07) is 0. The minimum atomic E-state index is -0.473. The molecule has 112 valence electrons. The summed E-state index contributed by atoms with van der Waals surface area (Å²) in [5.41, 5.74) is -0.185. The monoisotopic (exact) mass is 271 g/mol. The van der Waals surface area contributed by atoms with Crippen molar-refractivity contribution in [1.29, 1.82) is 0 Å². The van der Waals surface area contributed by atoms with E-state index in [1.165, 1.54) is 19.3 Å². The van der Waals surface area contributed by atoms with Gasteiger partial charge in [-0.15, -0.1) is 0 Å². The average molecular weight is 271 g/mol. The molecule has 0 spiro atoms. The summed E-state index contributed by atoms with van der Waals surface area (Å²) in [6.07, 6.45) is 6.49. The Bertz CT molecular complexity index is 270. The largest absolute Gasteiger partial charge is 0.394 e. The van der Waals surface area contributed by atoms with Gasteiger partial charge in [0.1, 0.15) is 0 Å². The Morgan fingerprint density at radius 1 is 1.37 bits per heavy atom. The van der Waals surface area contributed by atoms with Gasteiger partial charge in [0.25, 0.3) is 0 Å². The van der Waals surface area contributed by atoms with Gasteiger partial charge in [-0.3, -0.25) is 0 Å². The van der Waals surface area contributed by atoms with Crippen LogP contribution < -0.4 is 5.32 Å². The predicted molar refractivity (Wildman–Crippen MR) is 75.0 cm³/mol. The molecule has 2 aliphatic rings. The first-order valence-corrected chi connectivity index (χ1v) is 7.75. The highest BCUT2D eigenvalue weighted by atomic mass is 16.5. The average Bonchev–Trinajstić information content (AvgIpc) is 3.21. The van der Waals surface area contributed by atoms with Crippen molar-refractivity contribution in [3.8, 4) is 0 Å². The maximum absolute atomic E-state index is 9.92. The number of aliphatic hydroxyl groups is 2. The van der Waals surface area contributed by atoms with Gasteiger partial charge in [0.15, 0.2) is 0 Å². The Kier molecular flexibility index (Phi) is 5.63. The highest BCUT2D eigenvalue weighted by Gasteiger charge is 2.34. The molecule has 0 radical (unpaired) electrons. The number of ether oxygens (including phenoxy) is 1. The molecule has 2 fully saturated rings. The SMILES string of the molecule is CC1CCCC(CO)(NCC(O)COCC2CC2)C1. The zero-order chi connectivity index (χ0) is 13.7. The molecule has 0 aromatic carbocycles. The summed E-state index contributed by atoms with van der Waals surface area (Å²) in [4.78, 5) is 0. The molecule has 3 unspecified atom stereocenters. The lowest BCUT2D eigenvalue weighted by Crippen LogP contribution is -2.54. The maximum Gasteiger partial charge on any atom is 0.0897 e. The van der Waals surface area contributed by atoms with Crippen LogP contribution in [0, 0.1) is 11.8 Å². The van der Waals surface area contributed by atoms with E-state index in [-0.39, 0.29) is 12.1 Å². The number of nitrogens with one attached hydrogen (secondary N) is 1. The summed E-state index contributed by atoms with van der Waals surface area (Å²) in [6.45, 7) is 4.10. The van der Waals surface area contributed by atoms with Gasteiger partial charge in [-0.2, -0.15) is 0 Å². The molecule has 3 N–H and O–H groups in total. The summed E-state index contributed by atoms with van der Waals surface area (Å²) in [5.74, 6) is 1.39. The molecule has 0 aromatic heterocycles. The van der Waals surface area contributed by atoms with Crippen LogP contribution in [0.25, 0.3) is 0 Å². The Labute approximate surface area is 116 Å². The molecule has 19 heavy (non-hydrogen) atoms. The zero-order valence-electron chi connectivity index (χ0n) is 12.1. The van der Waals surface area contributed by atoms with Crippen LogP contribution in [0.5, 0.6) is 0 Å². The summed E-state index contributed by atoms with van der Waals surface area (Å²) in [7, 11) is 0. The molecule has 0 heterocycles. The number of hydrogen-bond donors (Lipinski definition) is 3. The fourth-order valence-corrected chi connectivity index (χ4v) is 3.07. The normalized spacial score (nSPS) is 33.3. The molecule has 4 heteroatoms. The molecule has 3 atom stereocenters. The summed E-state index contributed by atoms with van der Waals surface area (Å²) >= 11 is 0. The lowest BCUT2D eigenvalue weighted by Gasteiger charge is -2.40. The first-order valence-electron chi connectivity index (χ1n) is 7.75. The molecule has 2 rings (SSSR count). The van der Waals surface area contributed by atoms with Crippen molar-refractivity contribution < 1.29 is 14.9 Å². The van der Waals surface area contributed by atoms with Crippen LogP contribution in [0.1, 0.15) is 45.4 Å². The van der Waals surface area contributed by atoms with Crippen molar-refractivity contribution >= 4 is 0 Å². The summed E-state index contributed by atoms with van der Waals surface area (Å²) in [5, 5.41) is 23.0. The fraction of sp³-hybridized carbons (Fsp3) is 1.00. The van der Waals surface area contributed by atoms with Crippen molar-refractivity contribution in [2.45, 2.75) is 57.1 Å². The van der Waals surface area contributed by atoms with Crippen molar-refractivity contribution in [3.05, 3.63) is 0 Å². The minimum absolute atomic E-state index is 0.160. The van der Waals surface area contributed by atoms with Gasteiger partial charge in [-0.05, 0) is 37.5 Å². The molecule has 0 amide bonds. The van der Waals surface area contributed by atoms with Crippen molar-refractivity contribution in [1.82, 2.24) is 5.32 Å². The lowest BCUT2D eigenvalue weighted by molar-refractivity contribution is 0.0194. The van der Waals surface area contributed by atoms with Crippen LogP contribution in [-0.2, 0) is 4.74 Å². The van der Waals surface area contributed by atoms with E-state index in [9.17, 15) is 10.2 Å². The van der Waals surface area contributed by atoms with E-state index in [1.807, 2.05) is 0 Å². The molecular formula is C15H29NO3. The third kappa shape index (κ3) is 5.03. The molecule has 0 bridgehead atoms. The first kappa shape index (κ1) is 15.2. The summed E-state index contributed by atoms with van der Waals surface area (Å²) < 4.78 is 5.49. The Balaban J connectivity index is 1.65. The standard InChI is InChI=1S/C15H29NO3/c1-12-3-2-6-15(7-12,11-17)16-8-14(18)10-19-9-13-4-5-13/h12-14,16-18H,2-11H2,1H3. The molecular weight excluding hydrogens is 242 g/mol. The van der Waals surface area contributed by atoms with Crippen molar-refractivity contribution in [2.24, 2.45) is 11.8 Å². The number of hydrogen-bond acceptors (Lipinski definition) is 4. The molecule has 0 aliphatic heterocycles. The van der Waals surface area contributed by atoms with Gasteiger partial charge in [0.2, 0.25) is 0 Å². The van der Waals surface area contributed by atoms with Crippen LogP contribution in [0.3, 0.4) is 0 Å². The van der Waals surface area contributed by atoms with E-state index in [0.717, 1.165) is 31.8 Å². The van der Waals surface area contributed by atoms with Crippen LogP contribution in [0.4, 0.5) is 0 Å². The van der Waals surface area contributed by atoms with E-state index in [1.54, 1.807) is 0 Å². The van der Waals surface area contributed by atoms with Crippen LogP contribution >= 0.6 is 0 Å². The van der Waals surface area contributed by atoms with Gasteiger partial charge >= 0.3 is 0 Å². The molecule has 4 nitrogen and oxygen atoms in total. The Hall–Kier alpha value is -0.160. The Morgan fingerprint density at radius 2 is 2.16 bits per heavy atom. The first-order chi connectivity index (χ1) is 9.13. The van der Waals surface area contributed by atoms with E-state index >= 15 is 0 Å². The fourth-order valence-electron chi connectivity index (χ4n) is 3.07. The molecule has 0 aromatic rings. The second-order valence-corrected chi connectivity index (χ2v) is 6.66. The zero-order valence-corrected chi connectivity index (χ0v) is 12.1. The second-order valence-electron chi connectivity index (χ2n) is 6.66. The Morgan fingerprint density at radius 3 is 2.79 bits per heavy atom.